The first-order valence-corrected chi connectivity index (χ1v) is 8.45. The third-order valence-electron chi connectivity index (χ3n) is 4.29. The van der Waals surface area contributed by atoms with E-state index in [-0.39, 0.29) is 36.2 Å². The molecule has 0 spiro atoms. The average molecular weight is 346 g/mol. The van der Waals surface area contributed by atoms with E-state index in [1.165, 1.54) is 12.3 Å². The van der Waals surface area contributed by atoms with Gasteiger partial charge in [0.2, 0.25) is 0 Å². The lowest BCUT2D eigenvalue weighted by molar-refractivity contribution is -0.00539. The van der Waals surface area contributed by atoms with E-state index in [4.69, 9.17) is 9.15 Å². The molecular formula is C19H23FN2O3. The number of carbonyl (C=O) groups excluding carboxylic acids is 1. The molecule has 0 unspecified atom stereocenters. The summed E-state index contributed by atoms with van der Waals surface area (Å²) in [6.07, 6.45) is 1.61. The predicted octanol–water partition coefficient (Wildman–Crippen LogP) is 3.27. The largest absolute Gasteiger partial charge is 0.459 e. The third-order valence-corrected chi connectivity index (χ3v) is 4.29. The van der Waals surface area contributed by atoms with Crippen LogP contribution in [0.5, 0.6) is 0 Å². The Morgan fingerprint density at radius 2 is 2.00 bits per heavy atom. The van der Waals surface area contributed by atoms with Gasteiger partial charge in [-0.25, -0.2) is 4.39 Å². The zero-order chi connectivity index (χ0) is 18.0. The molecule has 1 fully saturated rings. The molecule has 0 saturated carbocycles. The van der Waals surface area contributed by atoms with E-state index in [2.05, 4.69) is 5.32 Å². The maximum Gasteiger partial charge on any atom is 0.287 e. The summed E-state index contributed by atoms with van der Waals surface area (Å²) in [5, 5.41) is 2.75. The summed E-state index contributed by atoms with van der Waals surface area (Å²) in [7, 11) is 0. The normalized spacial score (nSPS) is 20.6. The number of furan rings is 1. The topological polar surface area (TPSA) is 54.7 Å². The number of benzene rings is 1. The first kappa shape index (κ1) is 17.5. The quantitative estimate of drug-likeness (QED) is 0.923. The van der Waals surface area contributed by atoms with Crippen molar-refractivity contribution in [2.24, 2.45) is 0 Å². The molecule has 1 aliphatic rings. The van der Waals surface area contributed by atoms with E-state index in [0.717, 1.165) is 5.56 Å². The molecule has 1 N–H and O–H groups in total. The molecule has 5 nitrogen and oxygen atoms in total. The summed E-state index contributed by atoms with van der Waals surface area (Å²) in [6, 6.07) is 6.79. The molecule has 1 aliphatic heterocycles. The van der Waals surface area contributed by atoms with Gasteiger partial charge >= 0.3 is 0 Å². The molecule has 1 amide bonds. The standard InChI is InChI=1S/C19H23FN2O3/c1-12-6-7-24-18(12)19(23)21-9-15-4-5-17(16(20)8-15)22-10-13(2)25-14(3)11-22/h4-8,13-14H,9-11H2,1-3H3,(H,21,23)/t13-,14-/m0/s1. The van der Waals surface area contributed by atoms with Crippen molar-refractivity contribution in [3.8, 4) is 0 Å². The van der Waals surface area contributed by atoms with Crippen LogP contribution in [-0.2, 0) is 11.3 Å². The summed E-state index contributed by atoms with van der Waals surface area (Å²) in [5.74, 6) is -0.307. The molecule has 25 heavy (non-hydrogen) atoms. The molecule has 3 rings (SSSR count). The Balaban J connectivity index is 1.66. The summed E-state index contributed by atoms with van der Waals surface area (Å²) >= 11 is 0. The minimum absolute atomic E-state index is 0.0682. The van der Waals surface area contributed by atoms with E-state index in [0.29, 0.717) is 24.3 Å². The number of amides is 1. The second-order valence-electron chi connectivity index (χ2n) is 6.56. The number of hydrogen-bond acceptors (Lipinski definition) is 4. The van der Waals surface area contributed by atoms with Crippen molar-refractivity contribution in [2.45, 2.75) is 39.5 Å². The highest BCUT2D eigenvalue weighted by atomic mass is 19.1. The number of halogens is 1. The summed E-state index contributed by atoms with van der Waals surface area (Å²) in [5.41, 5.74) is 2.04. The van der Waals surface area contributed by atoms with Crippen molar-refractivity contribution in [2.75, 3.05) is 18.0 Å². The second kappa shape index (κ2) is 7.27. The molecular weight excluding hydrogens is 323 g/mol. The Bertz CT molecular complexity index is 749. The molecule has 1 aromatic heterocycles. The number of nitrogens with zero attached hydrogens (tertiary/aromatic N) is 1. The van der Waals surface area contributed by atoms with Crippen LogP contribution in [-0.4, -0.2) is 31.2 Å². The van der Waals surface area contributed by atoms with Gasteiger partial charge in [-0.3, -0.25) is 4.79 Å². The Morgan fingerprint density at radius 3 is 2.60 bits per heavy atom. The Kier molecular flexibility index (Phi) is 5.08. The highest BCUT2D eigenvalue weighted by Crippen LogP contribution is 2.24. The maximum atomic E-state index is 14.5. The molecule has 1 saturated heterocycles. The fourth-order valence-electron chi connectivity index (χ4n) is 3.16. The van der Waals surface area contributed by atoms with Crippen LogP contribution in [0.4, 0.5) is 10.1 Å². The first-order chi connectivity index (χ1) is 11.9. The number of carbonyl (C=O) groups is 1. The zero-order valence-corrected chi connectivity index (χ0v) is 14.7. The maximum absolute atomic E-state index is 14.5. The van der Waals surface area contributed by atoms with Gasteiger partial charge in [-0.2, -0.15) is 0 Å². The molecule has 0 aliphatic carbocycles. The second-order valence-corrected chi connectivity index (χ2v) is 6.56. The number of morpholine rings is 1. The van der Waals surface area contributed by atoms with Gasteiger partial charge in [0, 0.05) is 25.2 Å². The van der Waals surface area contributed by atoms with E-state index in [1.54, 1.807) is 19.1 Å². The first-order valence-electron chi connectivity index (χ1n) is 8.45. The monoisotopic (exact) mass is 346 g/mol. The van der Waals surface area contributed by atoms with Crippen LogP contribution >= 0.6 is 0 Å². The Hall–Kier alpha value is -2.34. The van der Waals surface area contributed by atoms with Crippen LogP contribution in [0.15, 0.2) is 34.9 Å². The van der Waals surface area contributed by atoms with Gasteiger partial charge in [-0.05, 0) is 44.5 Å². The van der Waals surface area contributed by atoms with Gasteiger partial charge < -0.3 is 19.4 Å². The van der Waals surface area contributed by atoms with Crippen molar-refractivity contribution in [1.82, 2.24) is 5.32 Å². The van der Waals surface area contributed by atoms with Crippen LogP contribution in [0, 0.1) is 12.7 Å². The molecule has 2 aromatic rings. The van der Waals surface area contributed by atoms with Crippen molar-refractivity contribution >= 4 is 11.6 Å². The lowest BCUT2D eigenvalue weighted by Crippen LogP contribution is -2.45. The fourth-order valence-corrected chi connectivity index (χ4v) is 3.16. The highest BCUT2D eigenvalue weighted by Gasteiger charge is 2.24. The van der Waals surface area contributed by atoms with Gasteiger partial charge in [-0.15, -0.1) is 0 Å². The number of hydrogen-bond donors (Lipinski definition) is 1. The summed E-state index contributed by atoms with van der Waals surface area (Å²) < 4.78 is 25.4. The number of ether oxygens (including phenoxy) is 1. The third kappa shape index (κ3) is 4.02. The molecule has 0 radical (unpaired) electrons. The molecule has 6 heteroatoms. The van der Waals surface area contributed by atoms with Gasteiger partial charge in [0.05, 0.1) is 24.2 Å². The van der Waals surface area contributed by atoms with Crippen molar-refractivity contribution in [3.05, 3.63) is 53.2 Å². The number of aryl methyl sites for hydroxylation is 1. The number of anilines is 1. The van der Waals surface area contributed by atoms with Crippen LogP contribution in [0.2, 0.25) is 0 Å². The minimum atomic E-state index is -0.303. The smallest absolute Gasteiger partial charge is 0.287 e. The van der Waals surface area contributed by atoms with E-state index in [1.807, 2.05) is 24.8 Å². The van der Waals surface area contributed by atoms with Gasteiger partial charge in [-0.1, -0.05) is 6.07 Å². The molecule has 134 valence electrons. The van der Waals surface area contributed by atoms with Crippen molar-refractivity contribution in [3.63, 3.8) is 0 Å². The average Bonchev–Trinajstić information content (AvgIpc) is 2.98. The lowest BCUT2D eigenvalue weighted by atomic mass is 10.1. The Labute approximate surface area is 146 Å². The molecule has 0 bridgehead atoms. The fraction of sp³-hybridized carbons (Fsp3) is 0.421. The van der Waals surface area contributed by atoms with E-state index >= 15 is 0 Å². The highest BCUT2D eigenvalue weighted by molar-refractivity contribution is 5.92. The molecule has 2 atom stereocenters. The Morgan fingerprint density at radius 1 is 1.28 bits per heavy atom. The van der Waals surface area contributed by atoms with Crippen LogP contribution < -0.4 is 10.2 Å². The lowest BCUT2D eigenvalue weighted by Gasteiger charge is -2.37. The SMILES string of the molecule is Cc1ccoc1C(=O)NCc1ccc(N2C[C@H](C)O[C@@H](C)C2)c(F)c1. The van der Waals surface area contributed by atoms with Crippen molar-refractivity contribution in [1.29, 1.82) is 0 Å². The van der Waals surface area contributed by atoms with Crippen molar-refractivity contribution < 1.29 is 18.3 Å². The minimum Gasteiger partial charge on any atom is -0.459 e. The summed E-state index contributed by atoms with van der Waals surface area (Å²) in [4.78, 5) is 14.1. The van der Waals surface area contributed by atoms with Crippen LogP contribution in [0.3, 0.4) is 0 Å². The summed E-state index contributed by atoms with van der Waals surface area (Å²) in [6.45, 7) is 7.34. The zero-order valence-electron chi connectivity index (χ0n) is 14.7. The van der Waals surface area contributed by atoms with Gasteiger partial charge in [0.15, 0.2) is 5.76 Å². The predicted molar refractivity (Wildman–Crippen MR) is 93.2 cm³/mol. The van der Waals surface area contributed by atoms with Gasteiger partial charge in [0.1, 0.15) is 5.82 Å². The van der Waals surface area contributed by atoms with Crippen LogP contribution in [0.25, 0.3) is 0 Å². The van der Waals surface area contributed by atoms with Gasteiger partial charge in [0.25, 0.3) is 5.91 Å². The number of nitrogens with one attached hydrogen (secondary N) is 1. The number of rotatable bonds is 4. The van der Waals surface area contributed by atoms with Crippen LogP contribution in [0.1, 0.15) is 35.5 Å². The molecule has 2 heterocycles. The molecule has 1 aromatic carbocycles. The van der Waals surface area contributed by atoms with E-state index in [9.17, 15) is 9.18 Å². The van der Waals surface area contributed by atoms with E-state index < -0.39 is 0 Å².